The van der Waals surface area contributed by atoms with Crippen LogP contribution in [0.25, 0.3) is 0 Å². The topological polar surface area (TPSA) is 24.5 Å². The van der Waals surface area contributed by atoms with Gasteiger partial charge in [-0.05, 0) is 63.4 Å². The fraction of sp³-hybridized carbons (Fsp3) is 0.647. The molecule has 3 heteroatoms. The van der Waals surface area contributed by atoms with E-state index in [2.05, 4.69) is 41.5 Å². The van der Waals surface area contributed by atoms with Crippen LogP contribution in [0.4, 0.5) is 0 Å². The maximum atomic E-state index is 5.47. The van der Waals surface area contributed by atoms with Crippen LogP contribution in [0.1, 0.15) is 37.2 Å². The Kier molecular flexibility index (Phi) is 4.27. The Balaban J connectivity index is 1.49. The fourth-order valence-corrected chi connectivity index (χ4v) is 3.52. The van der Waals surface area contributed by atoms with Crippen LogP contribution >= 0.6 is 0 Å². The van der Waals surface area contributed by atoms with Gasteiger partial charge in [0.05, 0.1) is 7.11 Å². The van der Waals surface area contributed by atoms with E-state index in [0.717, 1.165) is 11.8 Å². The maximum Gasteiger partial charge on any atom is 0.122 e. The van der Waals surface area contributed by atoms with Gasteiger partial charge in [-0.1, -0.05) is 18.2 Å². The molecule has 2 aliphatic rings. The molecule has 20 heavy (non-hydrogen) atoms. The number of para-hydroxylation sites is 1. The number of nitrogens with one attached hydrogen (secondary N) is 1. The van der Waals surface area contributed by atoms with Crippen molar-refractivity contribution < 1.29 is 4.74 Å². The van der Waals surface area contributed by atoms with Crippen molar-refractivity contribution >= 4 is 0 Å². The lowest BCUT2D eigenvalue weighted by atomic mass is 9.75. The predicted octanol–water partition coefficient (Wildman–Crippen LogP) is 2.63. The summed E-state index contributed by atoms with van der Waals surface area (Å²) >= 11 is 0. The highest BCUT2D eigenvalue weighted by Gasteiger charge is 2.33. The van der Waals surface area contributed by atoms with E-state index in [1.165, 1.54) is 44.3 Å². The van der Waals surface area contributed by atoms with Gasteiger partial charge in [-0.25, -0.2) is 0 Å². The third-order valence-corrected chi connectivity index (χ3v) is 4.91. The molecule has 1 aromatic carbocycles. The van der Waals surface area contributed by atoms with Crippen molar-refractivity contribution in [3.63, 3.8) is 0 Å². The summed E-state index contributed by atoms with van der Waals surface area (Å²) in [5, 5.41) is 3.85. The van der Waals surface area contributed by atoms with Crippen LogP contribution in [0.2, 0.25) is 0 Å². The van der Waals surface area contributed by atoms with E-state index in [9.17, 15) is 0 Å². The summed E-state index contributed by atoms with van der Waals surface area (Å²) in [6.07, 6.45) is 5.11. The molecule has 1 aliphatic heterocycles. The van der Waals surface area contributed by atoms with Crippen LogP contribution < -0.4 is 10.1 Å². The minimum Gasteiger partial charge on any atom is -0.496 e. The molecule has 0 bridgehead atoms. The van der Waals surface area contributed by atoms with E-state index in [4.69, 9.17) is 4.74 Å². The molecular formula is C17H26N2O. The molecule has 0 unspecified atom stereocenters. The SMILES string of the molecule is COc1ccccc1C1CC(NC2CCN(C)CC2)C1. The first-order valence-electron chi connectivity index (χ1n) is 7.83. The summed E-state index contributed by atoms with van der Waals surface area (Å²) in [5.74, 6) is 1.73. The van der Waals surface area contributed by atoms with E-state index in [0.29, 0.717) is 12.0 Å². The molecule has 0 aromatic heterocycles. The number of hydrogen-bond acceptors (Lipinski definition) is 3. The van der Waals surface area contributed by atoms with Gasteiger partial charge < -0.3 is 15.0 Å². The van der Waals surface area contributed by atoms with Crippen LogP contribution in [0.3, 0.4) is 0 Å². The summed E-state index contributed by atoms with van der Waals surface area (Å²) in [7, 11) is 3.99. The van der Waals surface area contributed by atoms with E-state index < -0.39 is 0 Å². The van der Waals surface area contributed by atoms with Crippen LogP contribution in [-0.4, -0.2) is 44.2 Å². The highest BCUT2D eigenvalue weighted by Crippen LogP contribution is 2.41. The molecule has 0 radical (unpaired) electrons. The monoisotopic (exact) mass is 274 g/mol. The molecular weight excluding hydrogens is 248 g/mol. The van der Waals surface area contributed by atoms with Crippen molar-refractivity contribution in [2.45, 2.75) is 43.7 Å². The largest absolute Gasteiger partial charge is 0.496 e. The number of hydrogen-bond donors (Lipinski definition) is 1. The van der Waals surface area contributed by atoms with Crippen LogP contribution in [-0.2, 0) is 0 Å². The van der Waals surface area contributed by atoms with Crippen molar-refractivity contribution in [1.82, 2.24) is 10.2 Å². The molecule has 3 nitrogen and oxygen atoms in total. The molecule has 1 saturated heterocycles. The van der Waals surface area contributed by atoms with E-state index in [1.807, 2.05) is 0 Å². The van der Waals surface area contributed by atoms with Gasteiger partial charge in [-0.3, -0.25) is 0 Å². The summed E-state index contributed by atoms with van der Waals surface area (Å²) in [6, 6.07) is 9.90. The van der Waals surface area contributed by atoms with Gasteiger partial charge in [-0.2, -0.15) is 0 Å². The number of methoxy groups -OCH3 is 1. The van der Waals surface area contributed by atoms with Crippen molar-refractivity contribution in [2.75, 3.05) is 27.2 Å². The van der Waals surface area contributed by atoms with Gasteiger partial charge in [0.25, 0.3) is 0 Å². The summed E-state index contributed by atoms with van der Waals surface area (Å²) in [5.41, 5.74) is 1.39. The van der Waals surface area contributed by atoms with Crippen LogP contribution in [0.15, 0.2) is 24.3 Å². The zero-order chi connectivity index (χ0) is 13.9. The molecule has 2 fully saturated rings. The van der Waals surface area contributed by atoms with Gasteiger partial charge in [-0.15, -0.1) is 0 Å². The average Bonchev–Trinajstić information content (AvgIpc) is 2.44. The number of nitrogens with zero attached hydrogens (tertiary/aromatic N) is 1. The Hall–Kier alpha value is -1.06. The van der Waals surface area contributed by atoms with Gasteiger partial charge in [0.1, 0.15) is 5.75 Å². The molecule has 3 rings (SSSR count). The Labute approximate surface area is 122 Å². The molecule has 110 valence electrons. The van der Waals surface area contributed by atoms with Crippen molar-refractivity contribution in [2.24, 2.45) is 0 Å². The molecule has 1 aromatic rings. The average molecular weight is 274 g/mol. The highest BCUT2D eigenvalue weighted by atomic mass is 16.5. The molecule has 1 aliphatic carbocycles. The lowest BCUT2D eigenvalue weighted by Crippen LogP contribution is -2.49. The van der Waals surface area contributed by atoms with Gasteiger partial charge in [0.15, 0.2) is 0 Å². The Bertz CT molecular complexity index is 434. The molecule has 1 saturated carbocycles. The molecule has 0 amide bonds. The summed E-state index contributed by atoms with van der Waals surface area (Å²) < 4.78 is 5.47. The van der Waals surface area contributed by atoms with Crippen molar-refractivity contribution in [3.05, 3.63) is 29.8 Å². The molecule has 0 spiro atoms. The number of likely N-dealkylation sites (tertiary alicyclic amines) is 1. The van der Waals surface area contributed by atoms with Gasteiger partial charge in [0, 0.05) is 12.1 Å². The number of piperidine rings is 1. The summed E-state index contributed by atoms with van der Waals surface area (Å²) in [4.78, 5) is 2.43. The lowest BCUT2D eigenvalue weighted by molar-refractivity contribution is 0.191. The van der Waals surface area contributed by atoms with E-state index in [-0.39, 0.29) is 0 Å². The summed E-state index contributed by atoms with van der Waals surface area (Å²) in [6.45, 7) is 2.47. The maximum absolute atomic E-state index is 5.47. The molecule has 1 heterocycles. The van der Waals surface area contributed by atoms with Crippen LogP contribution in [0, 0.1) is 0 Å². The zero-order valence-corrected chi connectivity index (χ0v) is 12.6. The highest BCUT2D eigenvalue weighted by molar-refractivity contribution is 5.37. The number of benzene rings is 1. The first-order valence-corrected chi connectivity index (χ1v) is 7.83. The third kappa shape index (κ3) is 2.99. The Morgan fingerprint density at radius 3 is 2.50 bits per heavy atom. The van der Waals surface area contributed by atoms with Gasteiger partial charge in [0.2, 0.25) is 0 Å². The predicted molar refractivity (Wildman–Crippen MR) is 82.4 cm³/mol. The third-order valence-electron chi connectivity index (χ3n) is 4.91. The smallest absolute Gasteiger partial charge is 0.122 e. The molecule has 0 atom stereocenters. The van der Waals surface area contributed by atoms with Gasteiger partial charge >= 0.3 is 0 Å². The second kappa shape index (κ2) is 6.15. The first-order chi connectivity index (χ1) is 9.76. The Morgan fingerprint density at radius 2 is 1.80 bits per heavy atom. The van der Waals surface area contributed by atoms with Crippen molar-refractivity contribution in [3.8, 4) is 5.75 Å². The second-order valence-corrected chi connectivity index (χ2v) is 6.35. The lowest BCUT2D eigenvalue weighted by Gasteiger charge is -2.41. The van der Waals surface area contributed by atoms with Crippen LogP contribution in [0.5, 0.6) is 5.75 Å². The van der Waals surface area contributed by atoms with E-state index in [1.54, 1.807) is 7.11 Å². The molecule has 1 N–H and O–H groups in total. The Morgan fingerprint density at radius 1 is 1.10 bits per heavy atom. The fourth-order valence-electron chi connectivity index (χ4n) is 3.52. The number of ether oxygens (including phenoxy) is 1. The van der Waals surface area contributed by atoms with Crippen molar-refractivity contribution in [1.29, 1.82) is 0 Å². The number of rotatable bonds is 4. The standard InChI is InChI=1S/C17H26N2O/c1-19-9-7-14(8-10-19)18-15-11-13(12-15)16-5-3-4-6-17(16)20-2/h3-6,13-15,18H,7-12H2,1-2H3. The minimum atomic E-state index is 0.676. The quantitative estimate of drug-likeness (QED) is 0.913. The normalized spacial score (nSPS) is 28.1. The van der Waals surface area contributed by atoms with E-state index >= 15 is 0 Å². The first kappa shape index (κ1) is 13.9. The second-order valence-electron chi connectivity index (χ2n) is 6.35. The zero-order valence-electron chi connectivity index (χ0n) is 12.6. The minimum absolute atomic E-state index is 0.676.